The average molecular weight is 369 g/mol. The lowest BCUT2D eigenvalue weighted by Crippen LogP contribution is -3.09. The third kappa shape index (κ3) is 5.31. The van der Waals surface area contributed by atoms with Crippen LogP contribution in [0.25, 0.3) is 0 Å². The van der Waals surface area contributed by atoms with Crippen LogP contribution in [-0.4, -0.2) is 38.1 Å². The summed E-state index contributed by atoms with van der Waals surface area (Å²) < 4.78 is 10.7. The zero-order chi connectivity index (χ0) is 19.2. The highest BCUT2D eigenvalue weighted by Gasteiger charge is 2.20. The van der Waals surface area contributed by atoms with E-state index in [-0.39, 0.29) is 25.0 Å². The van der Waals surface area contributed by atoms with E-state index in [1.807, 2.05) is 55.6 Å². The Morgan fingerprint density at radius 1 is 1.07 bits per heavy atom. The predicted octanol–water partition coefficient (Wildman–Crippen LogP) is 0.747. The maximum atomic E-state index is 12.4. The number of hydrogen-bond acceptors (Lipinski definition) is 4. The Morgan fingerprint density at radius 3 is 2.56 bits per heavy atom. The number of fused-ring (bicyclic) bond motifs is 1. The SMILES string of the molecule is CC(=O)[C@@H](Cc1ccccc1)NC(=O)C[NH+](C)Cc1ccc2c(c1)OCO2. The summed E-state index contributed by atoms with van der Waals surface area (Å²) in [4.78, 5) is 25.4. The minimum Gasteiger partial charge on any atom is -0.454 e. The van der Waals surface area contributed by atoms with Crippen molar-refractivity contribution in [3.8, 4) is 11.5 Å². The van der Waals surface area contributed by atoms with Gasteiger partial charge in [0, 0.05) is 5.56 Å². The first kappa shape index (κ1) is 18.9. The first-order valence-corrected chi connectivity index (χ1v) is 9.05. The average Bonchev–Trinajstić information content (AvgIpc) is 3.09. The molecular weight excluding hydrogens is 344 g/mol. The molecule has 2 aromatic carbocycles. The van der Waals surface area contributed by atoms with E-state index in [9.17, 15) is 9.59 Å². The molecule has 0 fully saturated rings. The summed E-state index contributed by atoms with van der Waals surface area (Å²) in [5.41, 5.74) is 2.09. The molecule has 0 saturated heterocycles. The van der Waals surface area contributed by atoms with Crippen LogP contribution in [0.4, 0.5) is 0 Å². The van der Waals surface area contributed by atoms with Gasteiger partial charge >= 0.3 is 0 Å². The van der Waals surface area contributed by atoms with Crippen LogP contribution in [0.15, 0.2) is 48.5 Å². The van der Waals surface area contributed by atoms with Crippen LogP contribution in [0.2, 0.25) is 0 Å². The molecule has 2 atom stereocenters. The first-order valence-electron chi connectivity index (χ1n) is 9.05. The number of nitrogens with one attached hydrogen (secondary N) is 2. The van der Waals surface area contributed by atoms with Gasteiger partial charge in [-0.3, -0.25) is 9.59 Å². The maximum absolute atomic E-state index is 12.4. The fraction of sp³-hybridized carbons (Fsp3) is 0.333. The zero-order valence-electron chi connectivity index (χ0n) is 15.7. The van der Waals surface area contributed by atoms with Gasteiger partial charge in [-0.15, -0.1) is 0 Å². The molecule has 27 heavy (non-hydrogen) atoms. The monoisotopic (exact) mass is 369 g/mol. The Morgan fingerprint density at radius 2 is 1.81 bits per heavy atom. The van der Waals surface area contributed by atoms with Crippen molar-refractivity contribution in [3.05, 3.63) is 59.7 Å². The summed E-state index contributed by atoms with van der Waals surface area (Å²) in [6, 6.07) is 15.0. The molecule has 142 valence electrons. The maximum Gasteiger partial charge on any atom is 0.275 e. The molecule has 1 aliphatic rings. The van der Waals surface area contributed by atoms with E-state index in [1.54, 1.807) is 0 Å². The predicted molar refractivity (Wildman–Crippen MR) is 101 cm³/mol. The molecule has 0 spiro atoms. The van der Waals surface area contributed by atoms with Crippen LogP contribution in [0.5, 0.6) is 11.5 Å². The zero-order valence-corrected chi connectivity index (χ0v) is 15.7. The van der Waals surface area contributed by atoms with Gasteiger partial charge < -0.3 is 19.7 Å². The second-order valence-corrected chi connectivity index (χ2v) is 6.92. The summed E-state index contributed by atoms with van der Waals surface area (Å²) >= 11 is 0. The molecule has 2 aromatic rings. The largest absolute Gasteiger partial charge is 0.454 e. The number of carbonyl (C=O) groups excluding carboxylic acids is 2. The molecule has 6 heteroatoms. The van der Waals surface area contributed by atoms with E-state index in [1.165, 1.54) is 6.92 Å². The summed E-state index contributed by atoms with van der Waals surface area (Å²) in [7, 11) is 1.95. The number of rotatable bonds is 8. The van der Waals surface area contributed by atoms with Crippen LogP contribution < -0.4 is 19.7 Å². The van der Waals surface area contributed by atoms with Crippen molar-refractivity contribution >= 4 is 11.7 Å². The van der Waals surface area contributed by atoms with Crippen LogP contribution in [-0.2, 0) is 22.6 Å². The number of ketones is 1. The Labute approximate surface area is 159 Å². The number of ether oxygens (including phenoxy) is 2. The molecule has 1 heterocycles. The molecular formula is C21H25N2O4+. The molecule has 0 bridgehead atoms. The van der Waals surface area contributed by atoms with Crippen molar-refractivity contribution in [2.45, 2.75) is 25.9 Å². The highest BCUT2D eigenvalue weighted by atomic mass is 16.7. The Kier molecular flexibility index (Phi) is 6.08. The molecule has 3 rings (SSSR count). The number of likely N-dealkylation sites (N-methyl/N-ethyl adjacent to an activating group) is 1. The number of Topliss-reactive ketones (excluding diaryl/α,β-unsaturated/α-hetero) is 1. The summed E-state index contributed by atoms with van der Waals surface area (Å²) in [5, 5.41) is 2.87. The van der Waals surface area contributed by atoms with E-state index < -0.39 is 6.04 Å². The van der Waals surface area contributed by atoms with Crippen molar-refractivity contribution in [2.75, 3.05) is 20.4 Å². The standard InChI is InChI=1S/C21H24N2O4/c1-15(24)18(10-16-6-4-3-5-7-16)22-21(25)13-23(2)12-17-8-9-19-20(11-17)27-14-26-19/h3-9,11,18H,10,12-14H2,1-2H3,(H,22,25)/p+1/t18-/m1/s1. The number of benzene rings is 2. The van der Waals surface area contributed by atoms with Gasteiger partial charge in [0.25, 0.3) is 5.91 Å². The minimum atomic E-state index is -0.502. The van der Waals surface area contributed by atoms with Crippen molar-refractivity contribution in [2.24, 2.45) is 0 Å². The molecule has 2 N–H and O–H groups in total. The fourth-order valence-corrected chi connectivity index (χ4v) is 3.13. The molecule has 6 nitrogen and oxygen atoms in total. The van der Waals surface area contributed by atoms with Gasteiger partial charge in [-0.05, 0) is 37.1 Å². The van der Waals surface area contributed by atoms with Crippen LogP contribution in [0, 0.1) is 0 Å². The topological polar surface area (TPSA) is 69.1 Å². The van der Waals surface area contributed by atoms with Crippen molar-refractivity contribution < 1.29 is 24.0 Å². The van der Waals surface area contributed by atoms with Crippen LogP contribution in [0.3, 0.4) is 0 Å². The summed E-state index contributed by atoms with van der Waals surface area (Å²) in [5.74, 6) is 1.31. The minimum absolute atomic E-state index is 0.0411. The van der Waals surface area contributed by atoms with Gasteiger partial charge in [0.05, 0.1) is 13.1 Å². The molecule has 1 amide bonds. The Hall–Kier alpha value is -2.86. The number of amides is 1. The number of quaternary nitrogens is 1. The van der Waals surface area contributed by atoms with Gasteiger partial charge in [-0.25, -0.2) is 0 Å². The lowest BCUT2D eigenvalue weighted by molar-refractivity contribution is -0.885. The third-order valence-electron chi connectivity index (χ3n) is 4.51. The van der Waals surface area contributed by atoms with Gasteiger partial charge in [0.1, 0.15) is 6.54 Å². The highest BCUT2D eigenvalue weighted by Crippen LogP contribution is 2.32. The van der Waals surface area contributed by atoms with Gasteiger partial charge in [-0.2, -0.15) is 0 Å². The molecule has 0 aromatic heterocycles. The summed E-state index contributed by atoms with van der Waals surface area (Å²) in [6.07, 6.45) is 0.503. The van der Waals surface area contributed by atoms with E-state index in [0.717, 1.165) is 27.5 Å². The lowest BCUT2D eigenvalue weighted by atomic mass is 10.0. The first-order chi connectivity index (χ1) is 13.0. The summed E-state index contributed by atoms with van der Waals surface area (Å²) in [6.45, 7) is 2.72. The van der Waals surface area contributed by atoms with Crippen LogP contribution in [0.1, 0.15) is 18.1 Å². The van der Waals surface area contributed by atoms with Crippen molar-refractivity contribution in [1.82, 2.24) is 5.32 Å². The van der Waals surface area contributed by atoms with E-state index >= 15 is 0 Å². The molecule has 0 aliphatic carbocycles. The van der Waals surface area contributed by atoms with Crippen LogP contribution >= 0.6 is 0 Å². The highest BCUT2D eigenvalue weighted by molar-refractivity contribution is 5.88. The van der Waals surface area contributed by atoms with E-state index in [0.29, 0.717) is 13.0 Å². The Balaban J connectivity index is 1.53. The molecule has 0 radical (unpaired) electrons. The second kappa shape index (κ2) is 8.68. The molecule has 1 unspecified atom stereocenters. The van der Waals surface area contributed by atoms with Gasteiger partial charge in [0.15, 0.2) is 23.8 Å². The smallest absolute Gasteiger partial charge is 0.275 e. The quantitative estimate of drug-likeness (QED) is 0.720. The molecule has 1 aliphatic heterocycles. The second-order valence-electron chi connectivity index (χ2n) is 6.92. The van der Waals surface area contributed by atoms with Crippen molar-refractivity contribution in [1.29, 1.82) is 0 Å². The Bertz CT molecular complexity index is 807. The molecule has 0 saturated carbocycles. The normalized spacial score (nSPS) is 14.4. The third-order valence-corrected chi connectivity index (χ3v) is 4.51. The van der Waals surface area contributed by atoms with E-state index in [4.69, 9.17) is 9.47 Å². The number of hydrogen-bond donors (Lipinski definition) is 2. The van der Waals surface area contributed by atoms with Gasteiger partial charge in [-0.1, -0.05) is 30.3 Å². The van der Waals surface area contributed by atoms with Crippen molar-refractivity contribution in [3.63, 3.8) is 0 Å². The number of carbonyl (C=O) groups is 2. The fourth-order valence-electron chi connectivity index (χ4n) is 3.13. The van der Waals surface area contributed by atoms with E-state index in [2.05, 4.69) is 5.32 Å². The van der Waals surface area contributed by atoms with Gasteiger partial charge in [0.2, 0.25) is 6.79 Å². The lowest BCUT2D eigenvalue weighted by Gasteiger charge is -2.18.